The van der Waals surface area contributed by atoms with Crippen LogP contribution in [0, 0.1) is 12.8 Å². The second kappa shape index (κ2) is 4.67. The Balaban J connectivity index is 2.16. The Morgan fingerprint density at radius 3 is 2.71 bits per heavy atom. The standard InChI is InChI=1S/C11H15N3O3/c1-7-3-12-11(13-4-7)14(2)9-6-17-5-8(9)10(15)16/h3-4,8-9H,5-6H2,1-2H3,(H,15,16). The van der Waals surface area contributed by atoms with Crippen LogP contribution >= 0.6 is 0 Å². The molecule has 1 saturated heterocycles. The van der Waals surface area contributed by atoms with Gasteiger partial charge in [0.2, 0.25) is 5.95 Å². The van der Waals surface area contributed by atoms with Crippen LogP contribution in [0.15, 0.2) is 12.4 Å². The predicted octanol–water partition coefficient (Wildman–Crippen LogP) is 0.321. The number of aryl methyl sites for hydroxylation is 1. The zero-order valence-corrected chi connectivity index (χ0v) is 9.83. The third-order valence-electron chi connectivity index (χ3n) is 2.95. The molecule has 1 aliphatic rings. The van der Waals surface area contributed by atoms with Gasteiger partial charge in [-0.2, -0.15) is 0 Å². The molecular formula is C11H15N3O3. The van der Waals surface area contributed by atoms with Gasteiger partial charge in [0.05, 0.1) is 19.3 Å². The van der Waals surface area contributed by atoms with Gasteiger partial charge in [-0.3, -0.25) is 4.79 Å². The molecule has 0 saturated carbocycles. The average molecular weight is 237 g/mol. The highest BCUT2D eigenvalue weighted by atomic mass is 16.5. The van der Waals surface area contributed by atoms with Crippen molar-refractivity contribution in [1.29, 1.82) is 0 Å². The lowest BCUT2D eigenvalue weighted by Crippen LogP contribution is -2.41. The lowest BCUT2D eigenvalue weighted by atomic mass is 10.0. The SMILES string of the molecule is Cc1cnc(N(C)C2COCC2C(=O)O)nc1. The molecule has 0 aliphatic carbocycles. The molecule has 2 unspecified atom stereocenters. The van der Waals surface area contributed by atoms with Crippen LogP contribution in [0.4, 0.5) is 5.95 Å². The van der Waals surface area contributed by atoms with Gasteiger partial charge in [-0.1, -0.05) is 0 Å². The van der Waals surface area contributed by atoms with Crippen molar-refractivity contribution in [3.8, 4) is 0 Å². The van der Waals surface area contributed by atoms with E-state index in [1.54, 1.807) is 24.3 Å². The third kappa shape index (κ3) is 2.36. The van der Waals surface area contributed by atoms with E-state index in [4.69, 9.17) is 9.84 Å². The number of aliphatic carboxylic acids is 1. The largest absolute Gasteiger partial charge is 0.481 e. The van der Waals surface area contributed by atoms with E-state index in [9.17, 15) is 4.79 Å². The van der Waals surface area contributed by atoms with E-state index in [-0.39, 0.29) is 12.6 Å². The molecule has 6 heteroatoms. The van der Waals surface area contributed by atoms with E-state index < -0.39 is 11.9 Å². The summed E-state index contributed by atoms with van der Waals surface area (Å²) in [6, 6.07) is -0.213. The molecule has 0 spiro atoms. The van der Waals surface area contributed by atoms with Gasteiger partial charge >= 0.3 is 5.97 Å². The first-order valence-electron chi connectivity index (χ1n) is 5.41. The van der Waals surface area contributed by atoms with E-state index in [2.05, 4.69) is 9.97 Å². The van der Waals surface area contributed by atoms with Crippen molar-refractivity contribution in [3.05, 3.63) is 18.0 Å². The van der Waals surface area contributed by atoms with Gasteiger partial charge in [-0.25, -0.2) is 9.97 Å². The summed E-state index contributed by atoms with van der Waals surface area (Å²) in [6.07, 6.45) is 3.43. The van der Waals surface area contributed by atoms with Crippen molar-refractivity contribution in [2.75, 3.05) is 25.2 Å². The second-order valence-corrected chi connectivity index (χ2v) is 4.22. The Kier molecular flexibility index (Phi) is 3.23. The summed E-state index contributed by atoms with van der Waals surface area (Å²) < 4.78 is 5.22. The lowest BCUT2D eigenvalue weighted by Gasteiger charge is -2.26. The normalized spacial score (nSPS) is 23.6. The van der Waals surface area contributed by atoms with Crippen molar-refractivity contribution in [3.63, 3.8) is 0 Å². The minimum absolute atomic E-state index is 0.213. The summed E-state index contributed by atoms with van der Waals surface area (Å²) in [5.41, 5.74) is 0.972. The smallest absolute Gasteiger partial charge is 0.311 e. The number of anilines is 1. The summed E-state index contributed by atoms with van der Waals surface area (Å²) >= 11 is 0. The Bertz CT molecular complexity index is 407. The molecule has 2 atom stereocenters. The zero-order valence-electron chi connectivity index (χ0n) is 9.83. The number of aromatic nitrogens is 2. The van der Waals surface area contributed by atoms with Crippen LogP contribution in [0.2, 0.25) is 0 Å². The van der Waals surface area contributed by atoms with Crippen LogP contribution in [-0.4, -0.2) is 47.3 Å². The van der Waals surface area contributed by atoms with Crippen LogP contribution in [0.5, 0.6) is 0 Å². The molecular weight excluding hydrogens is 222 g/mol. The van der Waals surface area contributed by atoms with Crippen molar-refractivity contribution in [2.24, 2.45) is 5.92 Å². The number of rotatable bonds is 3. The number of carbonyl (C=O) groups is 1. The first kappa shape index (κ1) is 11.8. The van der Waals surface area contributed by atoms with Crippen molar-refractivity contribution in [1.82, 2.24) is 9.97 Å². The van der Waals surface area contributed by atoms with Gasteiger partial charge in [0, 0.05) is 19.4 Å². The zero-order chi connectivity index (χ0) is 12.4. The molecule has 1 fully saturated rings. The highest BCUT2D eigenvalue weighted by Gasteiger charge is 2.37. The van der Waals surface area contributed by atoms with Gasteiger partial charge in [0.15, 0.2) is 0 Å². The first-order chi connectivity index (χ1) is 8.09. The summed E-state index contributed by atoms with van der Waals surface area (Å²) in [6.45, 7) is 2.55. The maximum atomic E-state index is 11.1. The Labute approximate surface area is 99.2 Å². The van der Waals surface area contributed by atoms with Gasteiger partial charge in [0.1, 0.15) is 5.92 Å². The molecule has 1 aromatic heterocycles. The molecule has 1 aromatic rings. The molecule has 6 nitrogen and oxygen atoms in total. The van der Waals surface area contributed by atoms with Crippen molar-refractivity contribution < 1.29 is 14.6 Å². The maximum absolute atomic E-state index is 11.1. The van der Waals surface area contributed by atoms with Crippen LogP contribution in [0.25, 0.3) is 0 Å². The number of nitrogens with zero attached hydrogens (tertiary/aromatic N) is 3. The molecule has 1 N–H and O–H groups in total. The van der Waals surface area contributed by atoms with E-state index in [0.717, 1.165) is 5.56 Å². The van der Waals surface area contributed by atoms with Gasteiger partial charge in [0.25, 0.3) is 0 Å². The van der Waals surface area contributed by atoms with Crippen molar-refractivity contribution >= 4 is 11.9 Å². The molecule has 2 rings (SSSR count). The fraction of sp³-hybridized carbons (Fsp3) is 0.545. The fourth-order valence-corrected chi connectivity index (χ4v) is 1.88. The minimum Gasteiger partial charge on any atom is -0.481 e. The summed E-state index contributed by atoms with van der Waals surface area (Å²) in [5.74, 6) is -0.839. The molecule has 2 heterocycles. The molecule has 1 aliphatic heterocycles. The number of likely N-dealkylation sites (N-methyl/N-ethyl adjacent to an activating group) is 1. The van der Waals surface area contributed by atoms with Crippen LogP contribution in [0.3, 0.4) is 0 Å². The maximum Gasteiger partial charge on any atom is 0.311 e. The number of ether oxygens (including phenoxy) is 1. The van der Waals surface area contributed by atoms with E-state index >= 15 is 0 Å². The lowest BCUT2D eigenvalue weighted by molar-refractivity contribution is -0.141. The summed E-state index contributed by atoms with van der Waals surface area (Å²) in [4.78, 5) is 21.2. The number of hydrogen-bond acceptors (Lipinski definition) is 5. The van der Waals surface area contributed by atoms with Gasteiger partial charge in [-0.15, -0.1) is 0 Å². The summed E-state index contributed by atoms with van der Waals surface area (Å²) in [5, 5.41) is 9.08. The molecule has 0 amide bonds. The molecule has 0 radical (unpaired) electrons. The predicted molar refractivity (Wildman–Crippen MR) is 60.9 cm³/mol. The average Bonchev–Trinajstić information content (AvgIpc) is 2.78. The highest BCUT2D eigenvalue weighted by Crippen LogP contribution is 2.21. The van der Waals surface area contributed by atoms with Gasteiger partial charge in [-0.05, 0) is 12.5 Å². The second-order valence-electron chi connectivity index (χ2n) is 4.22. The number of hydrogen-bond donors (Lipinski definition) is 1. The topological polar surface area (TPSA) is 75.6 Å². The quantitative estimate of drug-likeness (QED) is 0.816. The van der Waals surface area contributed by atoms with Gasteiger partial charge < -0.3 is 14.7 Å². The molecule has 17 heavy (non-hydrogen) atoms. The Morgan fingerprint density at radius 2 is 2.12 bits per heavy atom. The van der Waals surface area contributed by atoms with E-state index in [1.807, 2.05) is 6.92 Å². The van der Waals surface area contributed by atoms with Crippen LogP contribution in [-0.2, 0) is 9.53 Å². The number of carboxylic acid groups (broad SMARTS) is 1. The summed E-state index contributed by atoms with van der Waals surface area (Å²) in [7, 11) is 1.79. The molecule has 92 valence electrons. The van der Waals surface area contributed by atoms with E-state index in [0.29, 0.717) is 12.6 Å². The Hall–Kier alpha value is -1.69. The Morgan fingerprint density at radius 1 is 1.47 bits per heavy atom. The number of carboxylic acids is 1. The van der Waals surface area contributed by atoms with E-state index in [1.165, 1.54) is 0 Å². The first-order valence-corrected chi connectivity index (χ1v) is 5.41. The highest BCUT2D eigenvalue weighted by molar-refractivity contribution is 5.72. The van der Waals surface area contributed by atoms with Crippen LogP contribution < -0.4 is 4.90 Å². The minimum atomic E-state index is -0.841. The van der Waals surface area contributed by atoms with Crippen LogP contribution in [0.1, 0.15) is 5.56 Å². The third-order valence-corrected chi connectivity index (χ3v) is 2.95. The molecule has 0 bridgehead atoms. The fourth-order valence-electron chi connectivity index (χ4n) is 1.88. The van der Waals surface area contributed by atoms with Crippen molar-refractivity contribution in [2.45, 2.75) is 13.0 Å². The monoisotopic (exact) mass is 237 g/mol. The molecule has 0 aromatic carbocycles.